The van der Waals surface area contributed by atoms with Gasteiger partial charge in [0.15, 0.2) is 5.82 Å². The van der Waals surface area contributed by atoms with E-state index in [4.69, 9.17) is 21.6 Å². The van der Waals surface area contributed by atoms with Crippen LogP contribution in [0.2, 0.25) is 5.02 Å². The Morgan fingerprint density at radius 3 is 2.72 bits per heavy atom. The first-order valence-electron chi connectivity index (χ1n) is 11.2. The molecule has 8 nitrogen and oxygen atoms in total. The van der Waals surface area contributed by atoms with E-state index in [9.17, 15) is 9.32 Å². The Morgan fingerprint density at radius 2 is 2.06 bits per heavy atom. The van der Waals surface area contributed by atoms with Gasteiger partial charge in [-0.25, -0.2) is 15.0 Å². The minimum atomic E-state index is -1.11. The van der Waals surface area contributed by atoms with Crippen molar-refractivity contribution < 1.29 is 9.32 Å². The van der Waals surface area contributed by atoms with E-state index in [-0.39, 0.29) is 18.2 Å². The summed E-state index contributed by atoms with van der Waals surface area (Å²) in [7, 11) is -1.11. The third kappa shape index (κ3) is 3.33. The molecule has 6 rings (SSSR count). The second-order valence-electron chi connectivity index (χ2n) is 9.22. The molecule has 32 heavy (non-hydrogen) atoms. The van der Waals surface area contributed by atoms with Crippen LogP contribution in [0, 0.1) is 5.92 Å². The van der Waals surface area contributed by atoms with Crippen molar-refractivity contribution in [3.63, 3.8) is 0 Å². The van der Waals surface area contributed by atoms with Crippen LogP contribution < -0.4 is 10.2 Å². The van der Waals surface area contributed by atoms with Crippen molar-refractivity contribution in [2.75, 3.05) is 29.1 Å². The fourth-order valence-corrected chi connectivity index (χ4v) is 6.73. The molecule has 2 fully saturated rings. The average Bonchev–Trinajstić information content (AvgIpc) is 3.38. The summed E-state index contributed by atoms with van der Waals surface area (Å²) in [5.74, 6) is 3.02. The third-order valence-corrected chi connectivity index (χ3v) is 8.92. The van der Waals surface area contributed by atoms with Crippen LogP contribution >= 0.6 is 11.6 Å². The molecule has 4 heterocycles. The van der Waals surface area contributed by atoms with E-state index >= 15 is 0 Å². The molecule has 0 amide bonds. The third-order valence-electron chi connectivity index (χ3n) is 7.18. The lowest BCUT2D eigenvalue weighted by atomic mass is 9.77. The van der Waals surface area contributed by atoms with Gasteiger partial charge in [0.1, 0.15) is 10.7 Å². The summed E-state index contributed by atoms with van der Waals surface area (Å²) < 4.78 is 12.9. The van der Waals surface area contributed by atoms with Crippen molar-refractivity contribution in [2.45, 2.75) is 55.0 Å². The lowest BCUT2D eigenvalue weighted by molar-refractivity contribution is 0.143. The minimum Gasteiger partial charge on any atom is -0.394 e. The molecule has 2 aliphatic heterocycles. The van der Waals surface area contributed by atoms with Crippen molar-refractivity contribution in [1.82, 2.24) is 19.9 Å². The van der Waals surface area contributed by atoms with E-state index in [0.717, 1.165) is 67.1 Å². The second kappa shape index (κ2) is 7.74. The molecule has 2 aromatic rings. The predicted octanol–water partition coefficient (Wildman–Crippen LogP) is 2.59. The van der Waals surface area contributed by atoms with Gasteiger partial charge in [-0.1, -0.05) is 17.7 Å². The number of aromatic nitrogens is 4. The summed E-state index contributed by atoms with van der Waals surface area (Å²) in [4.78, 5) is 21.5. The lowest BCUT2D eigenvalue weighted by Crippen LogP contribution is -2.49. The van der Waals surface area contributed by atoms with Gasteiger partial charge in [0.05, 0.1) is 39.7 Å². The molecule has 2 aliphatic carbocycles. The normalized spacial score (nSPS) is 27.6. The van der Waals surface area contributed by atoms with Gasteiger partial charge < -0.3 is 15.3 Å². The highest BCUT2D eigenvalue weighted by atomic mass is 35.5. The Hall–Kier alpha value is -2.10. The highest BCUT2D eigenvalue weighted by molar-refractivity contribution is 7.85. The Kier molecular flexibility index (Phi) is 4.96. The van der Waals surface area contributed by atoms with Gasteiger partial charge in [-0.05, 0) is 44.1 Å². The molecule has 4 aliphatic rings. The number of anilines is 2. The number of aryl methyl sites for hydroxylation is 1. The molecule has 1 saturated carbocycles. The number of aliphatic hydroxyl groups is 1. The van der Waals surface area contributed by atoms with Crippen LogP contribution in [-0.4, -0.2) is 59.7 Å². The maximum Gasteiger partial charge on any atom is 0.228 e. The maximum absolute atomic E-state index is 12.9. The van der Waals surface area contributed by atoms with Gasteiger partial charge in [-0.15, -0.1) is 0 Å². The smallest absolute Gasteiger partial charge is 0.228 e. The van der Waals surface area contributed by atoms with Gasteiger partial charge in [-0.2, -0.15) is 4.98 Å². The van der Waals surface area contributed by atoms with Gasteiger partial charge >= 0.3 is 0 Å². The molecule has 2 aromatic heterocycles. The van der Waals surface area contributed by atoms with E-state index in [1.807, 2.05) is 0 Å². The first-order chi connectivity index (χ1) is 15.5. The van der Waals surface area contributed by atoms with Crippen LogP contribution in [0.5, 0.6) is 0 Å². The van der Waals surface area contributed by atoms with E-state index < -0.39 is 10.8 Å². The highest BCUT2D eigenvalue weighted by Gasteiger charge is 2.43. The quantitative estimate of drug-likeness (QED) is 0.684. The molecule has 168 valence electrons. The molecule has 1 saturated heterocycles. The number of hydrogen-bond acceptors (Lipinski definition) is 8. The first kappa shape index (κ1) is 20.5. The van der Waals surface area contributed by atoms with Gasteiger partial charge in [0.25, 0.3) is 0 Å². The molecule has 3 unspecified atom stereocenters. The summed E-state index contributed by atoms with van der Waals surface area (Å²) >= 11 is 5.94. The van der Waals surface area contributed by atoms with Crippen LogP contribution in [0.25, 0.3) is 5.57 Å². The van der Waals surface area contributed by atoms with Crippen LogP contribution in [0.4, 0.5) is 11.8 Å². The Morgan fingerprint density at radius 1 is 1.25 bits per heavy atom. The molecule has 0 spiro atoms. The Labute approximate surface area is 194 Å². The second-order valence-corrected chi connectivity index (χ2v) is 11.2. The van der Waals surface area contributed by atoms with Gasteiger partial charge in [0.2, 0.25) is 5.95 Å². The monoisotopic (exact) mass is 472 g/mol. The summed E-state index contributed by atoms with van der Waals surface area (Å²) in [6, 6.07) is 0.185. The Bertz CT molecular complexity index is 1110. The molecule has 3 atom stereocenters. The fourth-order valence-electron chi connectivity index (χ4n) is 5.30. The SMILES string of the molecule is O=S1CCCc2nc(N3CC4CC3C=C4c3ncc(Cl)cn3)nc(NC3(CO)CCC3)c21. The van der Waals surface area contributed by atoms with Gasteiger partial charge in [0, 0.05) is 30.6 Å². The predicted molar refractivity (Wildman–Crippen MR) is 123 cm³/mol. The van der Waals surface area contributed by atoms with Gasteiger partial charge in [-0.3, -0.25) is 4.21 Å². The zero-order chi connectivity index (χ0) is 21.9. The van der Waals surface area contributed by atoms with Crippen molar-refractivity contribution in [2.24, 2.45) is 5.92 Å². The minimum absolute atomic E-state index is 0.0509. The topological polar surface area (TPSA) is 104 Å². The molecular weight excluding hydrogens is 448 g/mol. The van der Waals surface area contributed by atoms with Crippen molar-refractivity contribution in [1.29, 1.82) is 0 Å². The zero-order valence-corrected chi connectivity index (χ0v) is 19.2. The van der Waals surface area contributed by atoms with Crippen LogP contribution in [0.15, 0.2) is 23.4 Å². The van der Waals surface area contributed by atoms with E-state index in [1.54, 1.807) is 12.4 Å². The van der Waals surface area contributed by atoms with E-state index in [0.29, 0.717) is 28.5 Å². The van der Waals surface area contributed by atoms with E-state index in [2.05, 4.69) is 26.3 Å². The number of fused-ring (bicyclic) bond motifs is 3. The lowest BCUT2D eigenvalue weighted by Gasteiger charge is -2.42. The maximum atomic E-state index is 12.9. The molecule has 2 N–H and O–H groups in total. The first-order valence-corrected chi connectivity index (χ1v) is 12.9. The number of nitrogens with zero attached hydrogens (tertiary/aromatic N) is 5. The highest BCUT2D eigenvalue weighted by Crippen LogP contribution is 2.44. The zero-order valence-electron chi connectivity index (χ0n) is 17.6. The molecule has 0 radical (unpaired) electrons. The fraction of sp³-hybridized carbons (Fsp3) is 0.545. The number of nitrogens with one attached hydrogen (secondary N) is 1. The average molecular weight is 473 g/mol. The summed E-state index contributed by atoms with van der Waals surface area (Å²) in [5, 5.41) is 14.0. The number of aliphatic hydroxyl groups excluding tert-OH is 1. The molecule has 2 bridgehead atoms. The number of rotatable bonds is 5. The summed E-state index contributed by atoms with van der Waals surface area (Å²) in [6.07, 6.45) is 11.0. The van der Waals surface area contributed by atoms with Crippen LogP contribution in [0.1, 0.15) is 43.6 Å². The van der Waals surface area contributed by atoms with Crippen molar-refractivity contribution in [3.8, 4) is 0 Å². The largest absolute Gasteiger partial charge is 0.394 e. The van der Waals surface area contributed by atoms with E-state index in [1.165, 1.54) is 0 Å². The van der Waals surface area contributed by atoms with Crippen molar-refractivity contribution >= 4 is 39.7 Å². The van der Waals surface area contributed by atoms with Crippen LogP contribution in [-0.2, 0) is 17.2 Å². The number of hydrogen-bond donors (Lipinski definition) is 2. The molecule has 0 aromatic carbocycles. The Balaban J connectivity index is 1.34. The number of halogens is 1. The van der Waals surface area contributed by atoms with Crippen molar-refractivity contribution in [3.05, 3.63) is 35.0 Å². The standard InChI is InChI=1S/C22H25ClN6O2S/c23-14-9-24-19(25-10-14)16-8-15-7-13(16)11-29(15)21-26-17-3-1-6-32(31)18(17)20(27-21)28-22(12-30)4-2-5-22/h8-10,13,15,30H,1-7,11-12H2,(H,26,27,28). The molecule has 10 heteroatoms. The van der Waals surface area contributed by atoms with Crippen LogP contribution in [0.3, 0.4) is 0 Å². The summed E-state index contributed by atoms with van der Waals surface area (Å²) in [6.45, 7) is 0.851. The molecular formula is C22H25ClN6O2S. The summed E-state index contributed by atoms with van der Waals surface area (Å²) in [5.41, 5.74) is 1.68.